The zero-order chi connectivity index (χ0) is 23.9. The third-order valence-corrected chi connectivity index (χ3v) is 8.40. The molecule has 6 heteroatoms. The Kier molecular flexibility index (Phi) is 6.04. The lowest BCUT2D eigenvalue weighted by molar-refractivity contribution is 0.296. The molecule has 0 saturated carbocycles. The van der Waals surface area contributed by atoms with Crippen LogP contribution in [0.5, 0.6) is 5.88 Å². The van der Waals surface area contributed by atoms with Crippen LogP contribution in [0.2, 0.25) is 0 Å². The Balaban J connectivity index is 1.72. The molecule has 1 aromatic heterocycles. The summed E-state index contributed by atoms with van der Waals surface area (Å²) >= 11 is 0. The minimum Gasteiger partial charge on any atom is -0.478 e. The highest BCUT2D eigenvalue weighted by atomic mass is 32.2. The number of aromatic nitrogens is 1. The van der Waals surface area contributed by atoms with Crippen molar-refractivity contribution in [2.24, 2.45) is 0 Å². The molecule has 1 N–H and O–H groups in total. The summed E-state index contributed by atoms with van der Waals surface area (Å²) in [6.45, 7) is 4.52. The fraction of sp³-hybridized carbons (Fsp3) is 0.321. The molecular formula is C28H29NO4S. The second kappa shape index (κ2) is 9.01. The summed E-state index contributed by atoms with van der Waals surface area (Å²) in [5.41, 5.74) is 2.79. The Morgan fingerprint density at radius 2 is 1.88 bits per heavy atom. The Morgan fingerprint density at radius 3 is 2.68 bits per heavy atom. The summed E-state index contributed by atoms with van der Waals surface area (Å²) in [5, 5.41) is 3.44. The van der Waals surface area contributed by atoms with Gasteiger partial charge in [-0.15, -0.1) is 0 Å². The van der Waals surface area contributed by atoms with Crippen molar-refractivity contribution in [2.45, 2.75) is 50.2 Å². The lowest BCUT2D eigenvalue weighted by atomic mass is 9.79. The zero-order valence-corrected chi connectivity index (χ0v) is 20.3. The molecule has 3 aromatic rings. The maximum atomic E-state index is 12.6. The Morgan fingerprint density at radius 1 is 1.09 bits per heavy atom. The summed E-state index contributed by atoms with van der Waals surface area (Å²) in [6.07, 6.45) is 11.2. The van der Waals surface area contributed by atoms with E-state index in [0.717, 1.165) is 40.8 Å². The number of unbranched alkanes of at least 4 members (excludes halogenated alkanes) is 1. The highest BCUT2D eigenvalue weighted by Gasteiger charge is 2.41. The van der Waals surface area contributed by atoms with E-state index in [1.54, 1.807) is 6.07 Å². The van der Waals surface area contributed by atoms with E-state index in [9.17, 15) is 13.0 Å². The van der Waals surface area contributed by atoms with E-state index in [2.05, 4.69) is 48.3 Å². The van der Waals surface area contributed by atoms with Crippen LogP contribution in [0.3, 0.4) is 0 Å². The molecule has 5 rings (SSSR count). The normalized spacial score (nSPS) is 21.3. The number of ether oxygens (including phenoxy) is 1. The molecule has 2 aliphatic rings. The average Bonchev–Trinajstić information content (AvgIpc) is 2.83. The molecule has 2 aromatic carbocycles. The number of nitrogens with zero attached hydrogens (tertiary/aromatic N) is 1. The predicted octanol–water partition coefficient (Wildman–Crippen LogP) is 4.24. The lowest BCUT2D eigenvalue weighted by Crippen LogP contribution is -2.39. The van der Waals surface area contributed by atoms with Crippen molar-refractivity contribution < 1.29 is 17.7 Å². The van der Waals surface area contributed by atoms with Gasteiger partial charge in [0.15, 0.2) is 0 Å². The van der Waals surface area contributed by atoms with Crippen molar-refractivity contribution >= 4 is 33.0 Å². The molecule has 34 heavy (non-hydrogen) atoms. The summed E-state index contributed by atoms with van der Waals surface area (Å²) in [5.74, 6) is -0.534. The van der Waals surface area contributed by atoms with Gasteiger partial charge in [-0.05, 0) is 51.2 Å². The van der Waals surface area contributed by atoms with Crippen LogP contribution in [0.4, 0.5) is 0 Å². The van der Waals surface area contributed by atoms with Gasteiger partial charge in [-0.3, -0.25) is 4.55 Å². The largest absolute Gasteiger partial charge is 0.478 e. The van der Waals surface area contributed by atoms with Gasteiger partial charge in [0.1, 0.15) is 5.25 Å². The third kappa shape index (κ3) is 4.05. The van der Waals surface area contributed by atoms with Crippen LogP contribution >= 0.6 is 0 Å². The van der Waals surface area contributed by atoms with Crippen LogP contribution in [0.15, 0.2) is 54.6 Å². The number of hydrogen-bond donors (Lipinski definition) is 1. The average molecular weight is 476 g/mol. The maximum absolute atomic E-state index is 12.6. The SMILES string of the molecule is CCCCOc1cccc(C2C=c3c(ccc4c5c(ccc34)CC=CC=5)C(C)C2S(=O)(=O)O)n1. The van der Waals surface area contributed by atoms with Crippen molar-refractivity contribution in [3.05, 3.63) is 81.9 Å². The van der Waals surface area contributed by atoms with Crippen LogP contribution < -0.4 is 15.2 Å². The number of hydrogen-bond acceptors (Lipinski definition) is 4. The quantitative estimate of drug-likeness (QED) is 0.426. The summed E-state index contributed by atoms with van der Waals surface area (Å²) in [7, 11) is -4.34. The van der Waals surface area contributed by atoms with Gasteiger partial charge in [-0.2, -0.15) is 8.42 Å². The van der Waals surface area contributed by atoms with Crippen molar-refractivity contribution in [3.8, 4) is 5.88 Å². The Labute approximate surface area is 200 Å². The first-order valence-electron chi connectivity index (χ1n) is 11.9. The molecule has 3 unspecified atom stereocenters. The molecule has 0 amide bonds. The lowest BCUT2D eigenvalue weighted by Gasteiger charge is -2.32. The molecule has 0 radical (unpaired) electrons. The summed E-state index contributed by atoms with van der Waals surface area (Å²) < 4.78 is 41.3. The van der Waals surface area contributed by atoms with E-state index in [-0.39, 0.29) is 0 Å². The van der Waals surface area contributed by atoms with Gasteiger partial charge in [0, 0.05) is 17.9 Å². The number of benzene rings is 2. The van der Waals surface area contributed by atoms with Gasteiger partial charge >= 0.3 is 0 Å². The van der Waals surface area contributed by atoms with E-state index in [1.165, 1.54) is 10.8 Å². The number of allylic oxidation sites excluding steroid dienone is 2. The molecule has 0 fully saturated rings. The Hall–Kier alpha value is -2.96. The van der Waals surface area contributed by atoms with E-state index in [4.69, 9.17) is 4.74 Å². The molecule has 0 spiro atoms. The molecule has 0 aliphatic heterocycles. The number of pyridine rings is 1. The fourth-order valence-corrected chi connectivity index (χ4v) is 6.56. The van der Waals surface area contributed by atoms with Crippen LogP contribution in [-0.2, 0) is 16.5 Å². The van der Waals surface area contributed by atoms with E-state index < -0.39 is 27.2 Å². The molecular weight excluding hydrogens is 446 g/mol. The topological polar surface area (TPSA) is 76.5 Å². The molecule has 5 nitrogen and oxygen atoms in total. The molecule has 0 saturated heterocycles. The van der Waals surface area contributed by atoms with E-state index >= 15 is 0 Å². The number of fused-ring (bicyclic) bond motifs is 5. The molecule has 176 valence electrons. The molecule has 1 heterocycles. The highest BCUT2D eigenvalue weighted by molar-refractivity contribution is 7.86. The minimum absolute atomic E-state index is 0.407. The minimum atomic E-state index is -4.34. The van der Waals surface area contributed by atoms with Gasteiger partial charge in [0.05, 0.1) is 12.3 Å². The van der Waals surface area contributed by atoms with Gasteiger partial charge < -0.3 is 4.74 Å². The first-order chi connectivity index (χ1) is 16.4. The van der Waals surface area contributed by atoms with Crippen molar-refractivity contribution in [1.29, 1.82) is 0 Å². The second-order valence-corrected chi connectivity index (χ2v) is 10.7. The van der Waals surface area contributed by atoms with Crippen LogP contribution in [-0.4, -0.2) is 29.8 Å². The van der Waals surface area contributed by atoms with Crippen molar-refractivity contribution in [1.82, 2.24) is 4.98 Å². The van der Waals surface area contributed by atoms with Gasteiger partial charge in [0.25, 0.3) is 10.1 Å². The molecule has 0 bridgehead atoms. The standard InChI is InChI=1S/C28H29NO4S/c1-3-4-16-33-27-11-7-10-26(29-27)25-17-24-20(18(2)28(25)34(30,31)32)14-15-22-21-9-6-5-8-19(21)12-13-23(22)24/h5-7,9-15,17-18,25,28H,3-4,8,16H2,1-2H3,(H,30,31,32). The maximum Gasteiger partial charge on any atom is 0.269 e. The monoisotopic (exact) mass is 475 g/mol. The fourth-order valence-electron chi connectivity index (χ4n) is 5.31. The van der Waals surface area contributed by atoms with Crippen LogP contribution in [0.25, 0.3) is 22.9 Å². The molecule has 3 atom stereocenters. The van der Waals surface area contributed by atoms with Gasteiger partial charge in [-0.1, -0.05) is 74.9 Å². The van der Waals surface area contributed by atoms with Crippen LogP contribution in [0.1, 0.15) is 55.3 Å². The Bertz CT molecular complexity index is 1510. The van der Waals surface area contributed by atoms with Gasteiger partial charge in [-0.25, -0.2) is 4.98 Å². The second-order valence-electron chi connectivity index (χ2n) is 9.16. The highest BCUT2D eigenvalue weighted by Crippen LogP contribution is 2.38. The summed E-state index contributed by atoms with van der Waals surface area (Å²) in [6, 6.07) is 13.8. The third-order valence-electron chi connectivity index (χ3n) is 7.01. The van der Waals surface area contributed by atoms with Crippen LogP contribution in [0, 0.1) is 0 Å². The van der Waals surface area contributed by atoms with Crippen molar-refractivity contribution in [2.75, 3.05) is 6.61 Å². The first kappa shape index (κ1) is 22.8. The predicted molar refractivity (Wildman–Crippen MR) is 136 cm³/mol. The zero-order valence-electron chi connectivity index (χ0n) is 19.4. The van der Waals surface area contributed by atoms with Gasteiger partial charge in [0.2, 0.25) is 5.88 Å². The van der Waals surface area contributed by atoms with Crippen molar-refractivity contribution in [3.63, 3.8) is 0 Å². The smallest absolute Gasteiger partial charge is 0.269 e. The van der Waals surface area contributed by atoms with E-state index in [0.29, 0.717) is 18.2 Å². The first-order valence-corrected chi connectivity index (χ1v) is 13.4. The molecule has 2 aliphatic carbocycles. The summed E-state index contributed by atoms with van der Waals surface area (Å²) in [4.78, 5) is 4.65. The number of rotatable bonds is 6. The van der Waals surface area contributed by atoms with E-state index in [1.807, 2.05) is 31.2 Å².